The lowest BCUT2D eigenvalue weighted by Crippen LogP contribution is -2.04. The van der Waals surface area contributed by atoms with Crippen molar-refractivity contribution in [1.82, 2.24) is 19.5 Å². The Morgan fingerprint density at radius 2 is 0.980 bits per heavy atom. The van der Waals surface area contributed by atoms with Gasteiger partial charge in [0, 0.05) is 47.6 Å². The molecule has 0 aliphatic carbocycles. The van der Waals surface area contributed by atoms with Crippen molar-refractivity contribution < 1.29 is 2.74 Å². The number of fused-ring (bicyclic) bond motifs is 6. The van der Waals surface area contributed by atoms with E-state index in [1.165, 1.54) is 15.5 Å². The van der Waals surface area contributed by atoms with Gasteiger partial charge in [-0.15, -0.1) is 11.3 Å². The Morgan fingerprint density at radius 3 is 1.74 bits per heavy atom. The van der Waals surface area contributed by atoms with Crippen molar-refractivity contribution in [1.29, 1.82) is 0 Å². The number of nitrogens with zero attached hydrogens (tertiary/aromatic N) is 4. The molecule has 0 saturated carbocycles. The number of rotatable bonds is 5. The van der Waals surface area contributed by atoms with Crippen molar-refractivity contribution in [3.05, 3.63) is 170 Å². The van der Waals surface area contributed by atoms with Gasteiger partial charge in [-0.1, -0.05) is 133 Å². The maximum absolute atomic E-state index is 8.40. The minimum Gasteiger partial charge on any atom is -0.309 e. The summed E-state index contributed by atoms with van der Waals surface area (Å²) in [5.74, 6) is 1.75. The lowest BCUT2D eigenvalue weighted by atomic mass is 9.99. The third-order valence-electron chi connectivity index (χ3n) is 9.37. The van der Waals surface area contributed by atoms with Crippen LogP contribution in [-0.4, -0.2) is 19.5 Å². The Labute approximate surface area is 295 Å². The molecule has 0 atom stereocenters. The van der Waals surface area contributed by atoms with E-state index in [1.54, 1.807) is 11.3 Å². The highest BCUT2D eigenvalue weighted by molar-refractivity contribution is 7.26. The Morgan fingerprint density at radius 1 is 0.420 bits per heavy atom. The second-order valence-corrected chi connectivity index (χ2v) is 13.3. The molecule has 4 nitrogen and oxygen atoms in total. The number of benzene rings is 7. The second-order valence-electron chi connectivity index (χ2n) is 12.2. The van der Waals surface area contributed by atoms with E-state index in [0.717, 1.165) is 60.0 Å². The fourth-order valence-corrected chi connectivity index (χ4v) is 8.33. The van der Waals surface area contributed by atoms with Crippen LogP contribution in [0.2, 0.25) is 0 Å². The lowest BCUT2D eigenvalue weighted by molar-refractivity contribution is 1.07. The van der Waals surface area contributed by atoms with Gasteiger partial charge in [-0.2, -0.15) is 0 Å². The highest BCUT2D eigenvalue weighted by Crippen LogP contribution is 2.41. The molecule has 0 saturated heterocycles. The molecule has 0 spiro atoms. The van der Waals surface area contributed by atoms with Gasteiger partial charge in [0.05, 0.1) is 19.5 Å². The Kier molecular flexibility index (Phi) is 6.16. The summed E-state index contributed by atoms with van der Waals surface area (Å²) >= 11 is 1.76. The van der Waals surface area contributed by atoms with E-state index in [-0.39, 0.29) is 0 Å². The van der Waals surface area contributed by atoms with Crippen LogP contribution in [0.4, 0.5) is 0 Å². The highest BCUT2D eigenvalue weighted by Gasteiger charge is 2.21. The topological polar surface area (TPSA) is 43.6 Å². The number of thiophene rings is 1. The maximum atomic E-state index is 8.40. The predicted octanol–water partition coefficient (Wildman–Crippen LogP) is 12.0. The SMILES string of the molecule is [2H]c1ccc2c(c1)c1cc([2H])ccc1n2-c1ccccc1-c1nc(-c2ccccc2-c2ccccc2)nc(-c2cccc3c2sc2ccccc23)n1. The summed E-state index contributed by atoms with van der Waals surface area (Å²) in [4.78, 5) is 15.8. The molecular weight excluding hydrogens is 629 g/mol. The standard InChI is InChI=1S/C45H28N4S/c1-2-15-29(16-3-1)30-17-4-5-21-35(30)43-46-44(48-45(47-43)37-24-14-23-34-33-20-9-13-28-41(33)50-42(34)37)36-22-8-12-27-40(36)49-38-25-10-6-18-31(38)32-19-7-11-26-39(32)49/h1-28H/i6D,7D. The first kappa shape index (κ1) is 26.5. The van der Waals surface area contributed by atoms with Gasteiger partial charge in [0.15, 0.2) is 17.5 Å². The zero-order chi connectivity index (χ0) is 34.8. The van der Waals surface area contributed by atoms with Crippen LogP contribution in [0.15, 0.2) is 170 Å². The quantitative estimate of drug-likeness (QED) is 0.185. The molecule has 0 fully saturated rings. The normalized spacial score (nSPS) is 12.2. The molecular formula is C45H28N4S. The van der Waals surface area contributed by atoms with Gasteiger partial charge in [0.25, 0.3) is 0 Å². The van der Waals surface area contributed by atoms with E-state index in [0.29, 0.717) is 29.6 Å². The molecule has 50 heavy (non-hydrogen) atoms. The summed E-state index contributed by atoms with van der Waals surface area (Å²) in [5, 5.41) is 4.25. The van der Waals surface area contributed by atoms with E-state index in [4.69, 9.17) is 17.7 Å². The van der Waals surface area contributed by atoms with Crippen molar-refractivity contribution in [2.75, 3.05) is 0 Å². The van der Waals surface area contributed by atoms with Crippen LogP contribution in [0.5, 0.6) is 0 Å². The molecule has 0 aliphatic rings. The van der Waals surface area contributed by atoms with Crippen LogP contribution < -0.4 is 0 Å². The van der Waals surface area contributed by atoms with E-state index < -0.39 is 0 Å². The van der Waals surface area contributed by atoms with Crippen LogP contribution in [0.25, 0.3) is 93.0 Å². The third kappa shape index (κ3) is 4.55. The Hall–Kier alpha value is -6.43. The molecule has 3 heterocycles. The minimum atomic E-state index is 0.425. The Balaban J connectivity index is 1.27. The monoisotopic (exact) mass is 658 g/mol. The van der Waals surface area contributed by atoms with Crippen LogP contribution >= 0.6 is 11.3 Å². The average molecular weight is 659 g/mol. The number of hydrogen-bond acceptors (Lipinski definition) is 4. The molecule has 3 aromatic heterocycles. The molecule has 10 aromatic rings. The van der Waals surface area contributed by atoms with Crippen molar-refractivity contribution in [2.45, 2.75) is 0 Å². The molecule has 10 rings (SSSR count). The second kappa shape index (κ2) is 11.6. The molecule has 0 amide bonds. The summed E-state index contributed by atoms with van der Waals surface area (Å²) in [5.41, 5.74) is 7.64. The summed E-state index contributed by atoms with van der Waals surface area (Å²) in [6.07, 6.45) is 0. The Bertz CT molecular complexity index is 2940. The molecule has 0 radical (unpaired) electrons. The highest BCUT2D eigenvalue weighted by atomic mass is 32.1. The van der Waals surface area contributed by atoms with E-state index in [9.17, 15) is 0 Å². The summed E-state index contributed by atoms with van der Waals surface area (Å²) in [6, 6.07) is 53.9. The maximum Gasteiger partial charge on any atom is 0.166 e. The number of hydrogen-bond donors (Lipinski definition) is 0. The molecule has 7 aromatic carbocycles. The summed E-state index contributed by atoms with van der Waals surface area (Å²) in [6.45, 7) is 0. The van der Waals surface area contributed by atoms with Crippen molar-refractivity contribution >= 4 is 53.3 Å². The number of para-hydroxylation sites is 3. The third-order valence-corrected chi connectivity index (χ3v) is 10.6. The van der Waals surface area contributed by atoms with Crippen LogP contribution in [0.3, 0.4) is 0 Å². The first-order chi connectivity index (χ1) is 25.6. The van der Waals surface area contributed by atoms with Gasteiger partial charge >= 0.3 is 0 Å². The van der Waals surface area contributed by atoms with Crippen molar-refractivity contribution in [3.8, 4) is 51.0 Å². The predicted molar refractivity (Wildman–Crippen MR) is 209 cm³/mol. The van der Waals surface area contributed by atoms with Gasteiger partial charge in [0.1, 0.15) is 0 Å². The molecule has 0 N–H and O–H groups in total. The van der Waals surface area contributed by atoms with Crippen LogP contribution in [-0.2, 0) is 0 Å². The van der Waals surface area contributed by atoms with Gasteiger partial charge in [-0.3, -0.25) is 0 Å². The zero-order valence-electron chi connectivity index (χ0n) is 28.7. The molecule has 234 valence electrons. The summed E-state index contributed by atoms with van der Waals surface area (Å²) < 4.78 is 21.4. The summed E-state index contributed by atoms with van der Waals surface area (Å²) in [7, 11) is 0. The first-order valence-corrected chi connectivity index (χ1v) is 17.4. The fourth-order valence-electron chi connectivity index (χ4n) is 7.12. The molecule has 5 heteroatoms. The van der Waals surface area contributed by atoms with Gasteiger partial charge in [0.2, 0.25) is 0 Å². The zero-order valence-corrected chi connectivity index (χ0v) is 27.5. The molecule has 0 aliphatic heterocycles. The fraction of sp³-hybridized carbons (Fsp3) is 0. The largest absolute Gasteiger partial charge is 0.309 e. The average Bonchev–Trinajstić information content (AvgIpc) is 3.73. The minimum absolute atomic E-state index is 0.425. The van der Waals surface area contributed by atoms with Crippen molar-refractivity contribution in [2.24, 2.45) is 0 Å². The van der Waals surface area contributed by atoms with Crippen molar-refractivity contribution in [3.63, 3.8) is 0 Å². The smallest absolute Gasteiger partial charge is 0.166 e. The van der Waals surface area contributed by atoms with Crippen LogP contribution in [0, 0.1) is 0 Å². The number of aromatic nitrogens is 4. The van der Waals surface area contributed by atoms with E-state index in [2.05, 4.69) is 89.5 Å². The van der Waals surface area contributed by atoms with Crippen LogP contribution in [0.1, 0.15) is 2.74 Å². The molecule has 0 bridgehead atoms. The first-order valence-electron chi connectivity index (χ1n) is 17.5. The van der Waals surface area contributed by atoms with Gasteiger partial charge in [-0.25, -0.2) is 15.0 Å². The van der Waals surface area contributed by atoms with E-state index >= 15 is 0 Å². The lowest BCUT2D eigenvalue weighted by Gasteiger charge is -2.15. The van der Waals surface area contributed by atoms with Gasteiger partial charge in [-0.05, 0) is 47.5 Å². The van der Waals surface area contributed by atoms with E-state index in [1.807, 2.05) is 72.8 Å². The van der Waals surface area contributed by atoms with Gasteiger partial charge < -0.3 is 4.57 Å². The molecule has 0 unspecified atom stereocenters.